The minimum Gasteiger partial charge on any atom is -0.292 e. The predicted molar refractivity (Wildman–Crippen MR) is 82.3 cm³/mol. The van der Waals surface area contributed by atoms with Gasteiger partial charge in [0.2, 0.25) is 0 Å². The molecule has 0 spiro atoms. The van der Waals surface area contributed by atoms with Crippen LogP contribution in [0.15, 0.2) is 47.4 Å². The van der Waals surface area contributed by atoms with E-state index in [1.54, 1.807) is 36.0 Å². The SMILES string of the molecule is CSc1ccc(C(=O)C(C#N)c2c(F)cccc2Cl)cc1. The van der Waals surface area contributed by atoms with Crippen LogP contribution in [0.1, 0.15) is 21.8 Å². The molecule has 0 aliphatic heterocycles. The fourth-order valence-electron chi connectivity index (χ4n) is 1.96. The van der Waals surface area contributed by atoms with Crippen LogP contribution in [0.2, 0.25) is 5.02 Å². The molecule has 0 aliphatic rings. The molecule has 0 radical (unpaired) electrons. The summed E-state index contributed by atoms with van der Waals surface area (Å²) in [6, 6.07) is 12.8. The number of thioether (sulfide) groups is 1. The largest absolute Gasteiger partial charge is 0.292 e. The van der Waals surface area contributed by atoms with Crippen LogP contribution in [0.5, 0.6) is 0 Å². The summed E-state index contributed by atoms with van der Waals surface area (Å²) >= 11 is 7.48. The molecule has 2 nitrogen and oxygen atoms in total. The Hall–Kier alpha value is -1.83. The molecule has 0 saturated heterocycles. The van der Waals surface area contributed by atoms with E-state index in [4.69, 9.17) is 11.6 Å². The number of halogens is 2. The van der Waals surface area contributed by atoms with Crippen LogP contribution in [0.4, 0.5) is 4.39 Å². The summed E-state index contributed by atoms with van der Waals surface area (Å²) in [5, 5.41) is 9.34. The van der Waals surface area contributed by atoms with Crippen LogP contribution < -0.4 is 0 Å². The number of benzene rings is 2. The molecule has 106 valence electrons. The molecule has 0 aliphatic carbocycles. The van der Waals surface area contributed by atoms with Gasteiger partial charge in [0.1, 0.15) is 11.7 Å². The van der Waals surface area contributed by atoms with Gasteiger partial charge in [-0.1, -0.05) is 29.8 Å². The zero-order valence-electron chi connectivity index (χ0n) is 11.1. The van der Waals surface area contributed by atoms with Crippen LogP contribution in [0, 0.1) is 17.1 Å². The molecule has 0 saturated carbocycles. The van der Waals surface area contributed by atoms with Gasteiger partial charge in [0.15, 0.2) is 5.78 Å². The van der Waals surface area contributed by atoms with Crippen molar-refractivity contribution in [1.29, 1.82) is 5.26 Å². The molecule has 0 N–H and O–H groups in total. The van der Waals surface area contributed by atoms with Crippen LogP contribution >= 0.6 is 23.4 Å². The molecule has 2 aromatic rings. The van der Waals surface area contributed by atoms with E-state index in [0.717, 1.165) is 4.90 Å². The normalized spacial score (nSPS) is 11.7. The highest BCUT2D eigenvalue weighted by molar-refractivity contribution is 7.98. The second-order valence-electron chi connectivity index (χ2n) is 4.29. The Morgan fingerprint density at radius 2 is 1.95 bits per heavy atom. The highest BCUT2D eigenvalue weighted by atomic mass is 35.5. The van der Waals surface area contributed by atoms with Crippen molar-refractivity contribution in [2.24, 2.45) is 0 Å². The molecule has 1 unspecified atom stereocenters. The quantitative estimate of drug-likeness (QED) is 0.606. The molecule has 2 rings (SSSR count). The lowest BCUT2D eigenvalue weighted by Gasteiger charge is -2.11. The molecule has 0 fully saturated rings. The van der Waals surface area contributed by atoms with Gasteiger partial charge in [0.05, 0.1) is 6.07 Å². The molecule has 0 amide bonds. The third kappa shape index (κ3) is 3.26. The maximum absolute atomic E-state index is 13.9. The van der Waals surface area contributed by atoms with Crippen molar-refractivity contribution in [2.45, 2.75) is 10.8 Å². The number of Topliss-reactive ketones (excluding diaryl/α,β-unsaturated/α-hetero) is 1. The molecular formula is C16H11ClFNOS. The summed E-state index contributed by atoms with van der Waals surface area (Å²) < 4.78 is 13.9. The van der Waals surface area contributed by atoms with Crippen LogP contribution in [0.3, 0.4) is 0 Å². The Labute approximate surface area is 131 Å². The van der Waals surface area contributed by atoms with Crippen LogP contribution in [-0.2, 0) is 0 Å². The third-order valence-electron chi connectivity index (χ3n) is 3.05. The van der Waals surface area contributed by atoms with Gasteiger partial charge in [-0.3, -0.25) is 4.79 Å². The number of nitriles is 1. The first-order valence-corrected chi connectivity index (χ1v) is 7.70. The van der Waals surface area contributed by atoms with E-state index in [-0.39, 0.29) is 10.6 Å². The lowest BCUT2D eigenvalue weighted by molar-refractivity contribution is 0.0977. The maximum Gasteiger partial charge on any atom is 0.184 e. The molecule has 0 bridgehead atoms. The molecule has 0 aromatic heterocycles. The summed E-state index contributed by atoms with van der Waals surface area (Å²) in [5.74, 6) is -2.36. The minimum atomic E-state index is -1.25. The van der Waals surface area contributed by atoms with E-state index in [1.807, 2.05) is 12.3 Å². The second-order valence-corrected chi connectivity index (χ2v) is 5.58. The fourth-order valence-corrected chi connectivity index (χ4v) is 2.64. The first-order chi connectivity index (χ1) is 10.1. The average Bonchev–Trinajstić information content (AvgIpc) is 2.50. The molecular weight excluding hydrogens is 309 g/mol. The summed E-state index contributed by atoms with van der Waals surface area (Å²) in [6.07, 6.45) is 1.92. The van der Waals surface area contributed by atoms with Gasteiger partial charge >= 0.3 is 0 Å². The Balaban J connectivity index is 2.41. The van der Waals surface area contributed by atoms with Crippen molar-refractivity contribution in [3.63, 3.8) is 0 Å². The molecule has 2 aromatic carbocycles. The van der Waals surface area contributed by atoms with Crippen molar-refractivity contribution in [3.8, 4) is 6.07 Å². The van der Waals surface area contributed by atoms with Crippen molar-refractivity contribution in [2.75, 3.05) is 6.26 Å². The van der Waals surface area contributed by atoms with Crippen molar-refractivity contribution < 1.29 is 9.18 Å². The van der Waals surface area contributed by atoms with E-state index in [2.05, 4.69) is 0 Å². The second kappa shape index (κ2) is 6.75. The zero-order valence-corrected chi connectivity index (χ0v) is 12.7. The van der Waals surface area contributed by atoms with E-state index in [9.17, 15) is 14.4 Å². The maximum atomic E-state index is 13.9. The van der Waals surface area contributed by atoms with E-state index in [0.29, 0.717) is 5.56 Å². The summed E-state index contributed by atoms with van der Waals surface area (Å²) in [4.78, 5) is 13.4. The van der Waals surface area contributed by atoms with Crippen LogP contribution in [0.25, 0.3) is 0 Å². The van der Waals surface area contributed by atoms with Crippen molar-refractivity contribution in [3.05, 3.63) is 64.4 Å². The highest BCUT2D eigenvalue weighted by Gasteiger charge is 2.26. The number of hydrogen-bond donors (Lipinski definition) is 0. The number of nitrogens with zero attached hydrogens (tertiary/aromatic N) is 1. The lowest BCUT2D eigenvalue weighted by Crippen LogP contribution is -2.13. The van der Waals surface area contributed by atoms with Gasteiger partial charge in [0.25, 0.3) is 0 Å². The first-order valence-electron chi connectivity index (χ1n) is 6.10. The van der Waals surface area contributed by atoms with Gasteiger partial charge < -0.3 is 0 Å². The molecule has 5 heteroatoms. The van der Waals surface area contributed by atoms with Gasteiger partial charge in [-0.2, -0.15) is 5.26 Å². The number of rotatable bonds is 4. The smallest absolute Gasteiger partial charge is 0.184 e. The van der Waals surface area contributed by atoms with E-state index in [1.165, 1.54) is 18.2 Å². The standard InChI is InChI=1S/C16H11ClFNOS/c1-21-11-7-5-10(6-8-11)16(20)12(9-19)15-13(17)3-2-4-14(15)18/h2-8,12H,1H3. The predicted octanol–water partition coefficient (Wildman–Crippen LogP) is 4.69. The van der Waals surface area contributed by atoms with Gasteiger partial charge in [-0.15, -0.1) is 11.8 Å². The van der Waals surface area contributed by atoms with Crippen molar-refractivity contribution >= 4 is 29.1 Å². The third-order valence-corrected chi connectivity index (χ3v) is 4.13. The number of hydrogen-bond acceptors (Lipinski definition) is 3. The van der Waals surface area contributed by atoms with Crippen LogP contribution in [-0.4, -0.2) is 12.0 Å². The summed E-state index contributed by atoms with van der Waals surface area (Å²) in [5.41, 5.74) is 0.291. The molecule has 0 heterocycles. The van der Waals surface area contributed by atoms with Crippen molar-refractivity contribution in [1.82, 2.24) is 0 Å². The highest BCUT2D eigenvalue weighted by Crippen LogP contribution is 2.30. The number of ketones is 1. The molecule has 1 atom stereocenters. The van der Waals surface area contributed by atoms with E-state index >= 15 is 0 Å². The number of carbonyl (C=O) groups excluding carboxylic acids is 1. The van der Waals surface area contributed by atoms with Gasteiger partial charge in [-0.05, 0) is 30.5 Å². The zero-order chi connectivity index (χ0) is 15.4. The topological polar surface area (TPSA) is 40.9 Å². The average molecular weight is 320 g/mol. The fraction of sp³-hybridized carbons (Fsp3) is 0.125. The van der Waals surface area contributed by atoms with E-state index < -0.39 is 17.5 Å². The summed E-state index contributed by atoms with van der Waals surface area (Å²) in [6.45, 7) is 0. The Morgan fingerprint density at radius 3 is 2.48 bits per heavy atom. The Bertz CT molecular complexity index is 689. The minimum absolute atomic E-state index is 0.0689. The molecule has 21 heavy (non-hydrogen) atoms. The Kier molecular flexibility index (Phi) is 5.00. The first kappa shape index (κ1) is 15.6. The Morgan fingerprint density at radius 1 is 1.29 bits per heavy atom. The van der Waals surface area contributed by atoms with Gasteiger partial charge in [-0.25, -0.2) is 4.39 Å². The lowest BCUT2D eigenvalue weighted by atomic mass is 9.91. The van der Waals surface area contributed by atoms with Gasteiger partial charge in [0, 0.05) is 21.0 Å². The summed E-state index contributed by atoms with van der Waals surface area (Å²) in [7, 11) is 0. The monoisotopic (exact) mass is 319 g/mol. The number of carbonyl (C=O) groups is 1.